The lowest BCUT2D eigenvalue weighted by Gasteiger charge is -2.37. The molecule has 2 N–H and O–H groups in total. The Kier molecular flexibility index (Phi) is 6.46. The molecule has 0 radical (unpaired) electrons. The number of nitrogens with zero attached hydrogens (tertiary/aromatic N) is 1. The van der Waals surface area contributed by atoms with Crippen LogP contribution >= 0.6 is 0 Å². The molecule has 6 nitrogen and oxygen atoms in total. The molecule has 0 saturated heterocycles. The molecule has 1 aliphatic heterocycles. The van der Waals surface area contributed by atoms with Gasteiger partial charge in [-0.15, -0.1) is 0 Å². The standard InChI is InChI=1S/C29H28FN3O3/c1-17(32-33-29(34)20-10-14-26(35-2)27(16-20)36-3)19-9-13-25-24(15-19)22-5-4-6-23(22)28(31-25)18-7-11-21(30)12-8-18/h4-5,7-16,22-23,28,31H,6H2,1-3H3,(H,33,34)/b32-17-/t22-,23+,28+/m1/s1. The predicted octanol–water partition coefficient (Wildman–Crippen LogP) is 5.82. The zero-order valence-corrected chi connectivity index (χ0v) is 20.4. The average Bonchev–Trinajstić information content (AvgIpc) is 3.41. The van der Waals surface area contributed by atoms with Crippen LogP contribution in [0.25, 0.3) is 0 Å². The van der Waals surface area contributed by atoms with Crippen LogP contribution in [0.1, 0.15) is 52.4 Å². The van der Waals surface area contributed by atoms with Crippen molar-refractivity contribution in [1.29, 1.82) is 0 Å². The SMILES string of the molecule is COc1ccc(C(=O)N/N=C(/C)c2ccc3c(c2)[C@@H]2C=CC[C@@H]2[C@H](c2ccc(F)cc2)N3)cc1OC. The van der Waals surface area contributed by atoms with Gasteiger partial charge in [0.1, 0.15) is 5.82 Å². The monoisotopic (exact) mass is 485 g/mol. The van der Waals surface area contributed by atoms with Crippen LogP contribution < -0.4 is 20.2 Å². The van der Waals surface area contributed by atoms with Gasteiger partial charge in [-0.05, 0) is 78.4 Å². The number of allylic oxidation sites excluding steroid dienone is 2. The Morgan fingerprint density at radius 2 is 1.75 bits per heavy atom. The van der Waals surface area contributed by atoms with E-state index in [4.69, 9.17) is 9.47 Å². The van der Waals surface area contributed by atoms with Gasteiger partial charge in [-0.3, -0.25) is 4.79 Å². The third-order valence-corrected chi connectivity index (χ3v) is 6.98. The fraction of sp³-hybridized carbons (Fsp3) is 0.241. The van der Waals surface area contributed by atoms with Crippen molar-refractivity contribution in [3.63, 3.8) is 0 Å². The summed E-state index contributed by atoms with van der Waals surface area (Å²) >= 11 is 0. The summed E-state index contributed by atoms with van der Waals surface area (Å²) in [6.45, 7) is 1.87. The average molecular weight is 486 g/mol. The van der Waals surface area contributed by atoms with Crippen LogP contribution in [0.5, 0.6) is 11.5 Å². The number of rotatable bonds is 6. The van der Waals surface area contributed by atoms with Gasteiger partial charge < -0.3 is 14.8 Å². The molecule has 7 heteroatoms. The van der Waals surface area contributed by atoms with E-state index >= 15 is 0 Å². The van der Waals surface area contributed by atoms with Gasteiger partial charge in [0.15, 0.2) is 11.5 Å². The van der Waals surface area contributed by atoms with Gasteiger partial charge in [0.25, 0.3) is 5.91 Å². The normalized spacial score (nSPS) is 20.2. The minimum absolute atomic E-state index is 0.111. The first-order valence-electron chi connectivity index (χ1n) is 11.9. The maximum absolute atomic E-state index is 13.5. The second-order valence-corrected chi connectivity index (χ2v) is 9.04. The second kappa shape index (κ2) is 9.85. The number of halogens is 1. The molecule has 2 aliphatic rings. The van der Waals surface area contributed by atoms with Gasteiger partial charge >= 0.3 is 0 Å². The van der Waals surface area contributed by atoms with E-state index in [0.717, 1.165) is 23.2 Å². The summed E-state index contributed by atoms with van der Waals surface area (Å²) in [6, 6.07) is 18.0. The summed E-state index contributed by atoms with van der Waals surface area (Å²) in [6.07, 6.45) is 5.44. The van der Waals surface area contributed by atoms with Crippen molar-refractivity contribution in [3.05, 3.63) is 101 Å². The van der Waals surface area contributed by atoms with Crippen LogP contribution in [0.15, 0.2) is 77.9 Å². The predicted molar refractivity (Wildman–Crippen MR) is 138 cm³/mol. The molecule has 3 aromatic rings. The third kappa shape index (κ3) is 4.44. The molecule has 0 spiro atoms. The highest BCUT2D eigenvalue weighted by Gasteiger charge is 2.38. The topological polar surface area (TPSA) is 72.0 Å². The van der Waals surface area contributed by atoms with E-state index in [9.17, 15) is 9.18 Å². The van der Waals surface area contributed by atoms with Crippen LogP contribution in [-0.2, 0) is 0 Å². The Labute approximate surface area is 209 Å². The summed E-state index contributed by atoms with van der Waals surface area (Å²) in [5.41, 5.74) is 8.03. The van der Waals surface area contributed by atoms with Crippen LogP contribution in [0.3, 0.4) is 0 Å². The van der Waals surface area contributed by atoms with Crippen molar-refractivity contribution in [3.8, 4) is 11.5 Å². The molecule has 184 valence electrons. The van der Waals surface area contributed by atoms with E-state index < -0.39 is 0 Å². The highest BCUT2D eigenvalue weighted by Crippen LogP contribution is 2.50. The van der Waals surface area contributed by atoms with E-state index in [0.29, 0.717) is 28.7 Å². The quantitative estimate of drug-likeness (QED) is 0.262. The summed E-state index contributed by atoms with van der Waals surface area (Å²) in [5, 5.41) is 8.01. The van der Waals surface area contributed by atoms with Gasteiger partial charge in [0, 0.05) is 17.2 Å². The van der Waals surface area contributed by atoms with Gasteiger partial charge in [0.2, 0.25) is 0 Å². The number of carbonyl (C=O) groups is 1. The number of hydrogen-bond donors (Lipinski definition) is 2. The number of amides is 1. The number of hydrogen-bond acceptors (Lipinski definition) is 5. The summed E-state index contributed by atoms with van der Waals surface area (Å²) < 4.78 is 24.0. The van der Waals surface area contributed by atoms with Gasteiger partial charge in [-0.25, -0.2) is 9.82 Å². The second-order valence-electron chi connectivity index (χ2n) is 9.04. The first-order valence-corrected chi connectivity index (χ1v) is 11.9. The Morgan fingerprint density at radius 3 is 2.50 bits per heavy atom. The number of nitrogens with one attached hydrogen (secondary N) is 2. The van der Waals surface area contributed by atoms with Crippen LogP contribution in [-0.4, -0.2) is 25.8 Å². The van der Waals surface area contributed by atoms with Crippen molar-refractivity contribution in [2.24, 2.45) is 11.0 Å². The molecule has 0 saturated carbocycles. The molecular weight excluding hydrogens is 457 g/mol. The Balaban J connectivity index is 1.36. The number of anilines is 1. The molecule has 1 heterocycles. The Morgan fingerprint density at radius 1 is 1.00 bits per heavy atom. The molecule has 3 atom stereocenters. The Bertz CT molecular complexity index is 1350. The van der Waals surface area contributed by atoms with E-state index in [-0.39, 0.29) is 23.7 Å². The van der Waals surface area contributed by atoms with Crippen LogP contribution in [0.2, 0.25) is 0 Å². The molecule has 5 rings (SSSR count). The van der Waals surface area contributed by atoms with Crippen molar-refractivity contribution in [2.75, 3.05) is 19.5 Å². The van der Waals surface area contributed by atoms with Crippen LogP contribution in [0, 0.1) is 11.7 Å². The fourth-order valence-electron chi connectivity index (χ4n) is 5.06. The minimum Gasteiger partial charge on any atom is -0.493 e. The van der Waals surface area contributed by atoms with Gasteiger partial charge in [-0.1, -0.05) is 30.4 Å². The van der Waals surface area contributed by atoms with E-state index in [1.54, 1.807) is 25.3 Å². The molecule has 1 aliphatic carbocycles. The molecular formula is C29H28FN3O3. The maximum atomic E-state index is 13.5. The zero-order chi connectivity index (χ0) is 25.2. The highest BCUT2D eigenvalue weighted by molar-refractivity contribution is 6.01. The summed E-state index contributed by atoms with van der Waals surface area (Å²) in [7, 11) is 3.07. The van der Waals surface area contributed by atoms with E-state index in [1.165, 1.54) is 24.8 Å². The lowest BCUT2D eigenvalue weighted by molar-refractivity contribution is 0.0954. The third-order valence-electron chi connectivity index (χ3n) is 6.98. The zero-order valence-electron chi connectivity index (χ0n) is 20.4. The number of methoxy groups -OCH3 is 2. The lowest BCUT2D eigenvalue weighted by Crippen LogP contribution is -2.29. The highest BCUT2D eigenvalue weighted by atomic mass is 19.1. The van der Waals surface area contributed by atoms with Crippen molar-refractivity contribution in [2.45, 2.75) is 25.3 Å². The molecule has 0 fully saturated rings. The number of hydrazone groups is 1. The van der Waals surface area contributed by atoms with E-state index in [1.807, 2.05) is 25.1 Å². The molecule has 0 bridgehead atoms. The van der Waals surface area contributed by atoms with Gasteiger partial charge in [0.05, 0.1) is 26.0 Å². The van der Waals surface area contributed by atoms with Crippen molar-refractivity contribution >= 4 is 17.3 Å². The molecule has 3 aromatic carbocycles. The minimum atomic E-state index is -0.337. The smallest absolute Gasteiger partial charge is 0.271 e. The maximum Gasteiger partial charge on any atom is 0.271 e. The summed E-state index contributed by atoms with van der Waals surface area (Å²) in [5.74, 6) is 1.07. The largest absolute Gasteiger partial charge is 0.493 e. The molecule has 0 aromatic heterocycles. The number of ether oxygens (including phenoxy) is 2. The number of carbonyl (C=O) groups excluding carboxylic acids is 1. The number of benzene rings is 3. The number of fused-ring (bicyclic) bond motifs is 3. The van der Waals surface area contributed by atoms with Crippen LogP contribution in [0.4, 0.5) is 10.1 Å². The Hall–Kier alpha value is -4.13. The molecule has 1 amide bonds. The fourth-order valence-corrected chi connectivity index (χ4v) is 5.06. The molecule has 36 heavy (non-hydrogen) atoms. The molecule has 0 unspecified atom stereocenters. The summed E-state index contributed by atoms with van der Waals surface area (Å²) in [4.78, 5) is 12.7. The van der Waals surface area contributed by atoms with E-state index in [2.05, 4.69) is 40.1 Å². The van der Waals surface area contributed by atoms with Crippen molar-refractivity contribution < 1.29 is 18.7 Å². The van der Waals surface area contributed by atoms with Crippen molar-refractivity contribution in [1.82, 2.24) is 5.43 Å². The first-order chi connectivity index (χ1) is 17.5. The lowest BCUT2D eigenvalue weighted by atomic mass is 9.76. The van der Waals surface area contributed by atoms with Gasteiger partial charge in [-0.2, -0.15) is 5.10 Å². The first kappa shape index (κ1) is 23.6.